The number of benzene rings is 2. The molecule has 2 N–H and O–H groups in total. The van der Waals surface area contributed by atoms with Crippen LogP contribution in [0, 0.1) is 6.92 Å². The third-order valence-electron chi connectivity index (χ3n) is 3.93. The number of carbonyl (C=O) groups excluding carboxylic acids is 2. The molecule has 0 unspecified atom stereocenters. The average Bonchev–Trinajstić information content (AvgIpc) is 3.27. The molecular formula is C22H22N2O5. The molecule has 0 aliphatic carbocycles. The minimum atomic E-state index is -0.326. The van der Waals surface area contributed by atoms with Crippen molar-refractivity contribution in [3.05, 3.63) is 78.3 Å². The van der Waals surface area contributed by atoms with Gasteiger partial charge in [0.15, 0.2) is 12.4 Å². The van der Waals surface area contributed by atoms with Gasteiger partial charge in [0.2, 0.25) is 0 Å². The highest BCUT2D eigenvalue weighted by molar-refractivity contribution is 5.91. The molecule has 2 aromatic carbocycles. The number of rotatable bonds is 9. The second kappa shape index (κ2) is 9.98. The van der Waals surface area contributed by atoms with E-state index in [1.54, 1.807) is 36.4 Å². The van der Waals surface area contributed by atoms with Gasteiger partial charge >= 0.3 is 0 Å². The largest absolute Gasteiger partial charge is 0.484 e. The van der Waals surface area contributed by atoms with Crippen molar-refractivity contribution in [2.75, 3.05) is 19.7 Å². The summed E-state index contributed by atoms with van der Waals surface area (Å²) in [6.45, 7) is 2.47. The minimum absolute atomic E-state index is 0.121. The molecule has 0 spiro atoms. The fraction of sp³-hybridized carbons (Fsp3) is 0.182. The van der Waals surface area contributed by atoms with Gasteiger partial charge in [-0.2, -0.15) is 0 Å². The van der Waals surface area contributed by atoms with E-state index in [2.05, 4.69) is 10.6 Å². The van der Waals surface area contributed by atoms with E-state index in [0.717, 1.165) is 5.75 Å². The summed E-state index contributed by atoms with van der Waals surface area (Å²) in [5, 5.41) is 5.31. The first-order valence-electron chi connectivity index (χ1n) is 9.16. The highest BCUT2D eigenvalue weighted by atomic mass is 16.5. The van der Waals surface area contributed by atoms with Crippen LogP contribution in [0.3, 0.4) is 0 Å². The zero-order chi connectivity index (χ0) is 20.5. The van der Waals surface area contributed by atoms with Gasteiger partial charge in [0.25, 0.3) is 11.8 Å². The topological polar surface area (TPSA) is 89.8 Å². The first kappa shape index (κ1) is 20.0. The van der Waals surface area contributed by atoms with Crippen molar-refractivity contribution in [1.82, 2.24) is 10.6 Å². The van der Waals surface area contributed by atoms with Gasteiger partial charge in [0.1, 0.15) is 17.2 Å². The van der Waals surface area contributed by atoms with Crippen LogP contribution in [0.2, 0.25) is 0 Å². The van der Waals surface area contributed by atoms with Crippen LogP contribution in [0.1, 0.15) is 16.1 Å². The number of aryl methyl sites for hydroxylation is 1. The Hall–Kier alpha value is -3.74. The Morgan fingerprint density at radius 3 is 2.14 bits per heavy atom. The number of carbonyl (C=O) groups is 2. The number of amides is 2. The van der Waals surface area contributed by atoms with Gasteiger partial charge in [-0.1, -0.05) is 17.7 Å². The van der Waals surface area contributed by atoms with Crippen molar-refractivity contribution < 1.29 is 23.5 Å². The Labute approximate surface area is 168 Å². The number of ether oxygens (including phenoxy) is 2. The molecule has 0 aliphatic rings. The third kappa shape index (κ3) is 6.42. The zero-order valence-corrected chi connectivity index (χ0v) is 16.0. The fourth-order valence-electron chi connectivity index (χ4n) is 2.42. The Balaban J connectivity index is 1.34. The van der Waals surface area contributed by atoms with Crippen LogP contribution in [-0.2, 0) is 4.79 Å². The molecule has 0 saturated carbocycles. The molecule has 29 heavy (non-hydrogen) atoms. The average molecular weight is 394 g/mol. The lowest BCUT2D eigenvalue weighted by Crippen LogP contribution is -2.36. The fourth-order valence-corrected chi connectivity index (χ4v) is 2.42. The van der Waals surface area contributed by atoms with Crippen LogP contribution < -0.4 is 20.1 Å². The molecular weight excluding hydrogens is 372 g/mol. The molecule has 0 atom stereocenters. The van der Waals surface area contributed by atoms with Gasteiger partial charge in [-0.3, -0.25) is 9.59 Å². The summed E-state index contributed by atoms with van der Waals surface area (Å²) in [4.78, 5) is 23.5. The zero-order valence-electron chi connectivity index (χ0n) is 16.0. The maximum Gasteiger partial charge on any atom is 0.287 e. The first-order valence-corrected chi connectivity index (χ1v) is 9.16. The van der Waals surface area contributed by atoms with Crippen molar-refractivity contribution in [3.8, 4) is 17.2 Å². The predicted molar refractivity (Wildman–Crippen MR) is 107 cm³/mol. The quantitative estimate of drug-likeness (QED) is 0.544. The molecule has 1 heterocycles. The van der Waals surface area contributed by atoms with Crippen molar-refractivity contribution in [1.29, 1.82) is 0 Å². The summed E-state index contributed by atoms with van der Waals surface area (Å²) < 4.78 is 16.2. The molecule has 0 bridgehead atoms. The summed E-state index contributed by atoms with van der Waals surface area (Å²) in [7, 11) is 0. The highest BCUT2D eigenvalue weighted by Gasteiger charge is 2.08. The number of hydrogen-bond donors (Lipinski definition) is 2. The van der Waals surface area contributed by atoms with E-state index in [-0.39, 0.29) is 37.3 Å². The third-order valence-corrected chi connectivity index (χ3v) is 3.93. The SMILES string of the molecule is Cc1ccc(Oc2ccc(OCC(=O)NCCNC(=O)c3ccco3)cc2)cc1. The molecule has 2 amide bonds. The van der Waals surface area contributed by atoms with E-state index in [1.165, 1.54) is 11.8 Å². The van der Waals surface area contributed by atoms with Crippen LogP contribution in [-0.4, -0.2) is 31.5 Å². The molecule has 3 aromatic rings. The summed E-state index contributed by atoms with van der Waals surface area (Å²) in [5.41, 5.74) is 1.17. The van der Waals surface area contributed by atoms with Gasteiger partial charge in [-0.05, 0) is 55.5 Å². The second-order valence-corrected chi connectivity index (χ2v) is 6.26. The Bertz CT molecular complexity index is 919. The van der Waals surface area contributed by atoms with Crippen molar-refractivity contribution in [2.24, 2.45) is 0 Å². The molecule has 7 heteroatoms. The molecule has 0 saturated heterocycles. The van der Waals surface area contributed by atoms with E-state index in [4.69, 9.17) is 13.9 Å². The van der Waals surface area contributed by atoms with Crippen molar-refractivity contribution >= 4 is 11.8 Å². The summed E-state index contributed by atoms with van der Waals surface area (Å²) in [6, 6.07) is 18.0. The molecule has 1 aromatic heterocycles. The van der Waals surface area contributed by atoms with E-state index in [0.29, 0.717) is 11.5 Å². The van der Waals surface area contributed by atoms with Crippen LogP contribution in [0.15, 0.2) is 71.3 Å². The molecule has 0 fully saturated rings. The van der Waals surface area contributed by atoms with Crippen LogP contribution in [0.5, 0.6) is 17.2 Å². The molecule has 7 nitrogen and oxygen atoms in total. The predicted octanol–water partition coefficient (Wildman–Crippen LogP) is 3.31. The smallest absolute Gasteiger partial charge is 0.287 e. The standard InChI is InChI=1S/C22H22N2O5/c1-16-4-6-18(7-5-16)29-19-10-8-17(9-11-19)28-15-21(25)23-12-13-24-22(26)20-3-2-14-27-20/h2-11,14H,12-13,15H2,1H3,(H,23,25)(H,24,26). The first-order chi connectivity index (χ1) is 14.1. The van der Waals surface area contributed by atoms with Gasteiger partial charge < -0.3 is 24.5 Å². The Morgan fingerprint density at radius 1 is 0.862 bits per heavy atom. The van der Waals surface area contributed by atoms with Crippen LogP contribution >= 0.6 is 0 Å². The van der Waals surface area contributed by atoms with Gasteiger partial charge in [0, 0.05) is 13.1 Å². The van der Waals surface area contributed by atoms with Crippen molar-refractivity contribution in [3.63, 3.8) is 0 Å². The monoisotopic (exact) mass is 394 g/mol. The highest BCUT2D eigenvalue weighted by Crippen LogP contribution is 2.24. The van der Waals surface area contributed by atoms with E-state index in [1.807, 2.05) is 31.2 Å². The summed E-state index contributed by atoms with van der Waals surface area (Å²) >= 11 is 0. The van der Waals surface area contributed by atoms with Crippen LogP contribution in [0.4, 0.5) is 0 Å². The normalized spacial score (nSPS) is 10.2. The van der Waals surface area contributed by atoms with E-state index >= 15 is 0 Å². The molecule has 3 rings (SSSR count). The summed E-state index contributed by atoms with van der Waals surface area (Å²) in [6.07, 6.45) is 1.43. The maximum absolute atomic E-state index is 11.8. The second-order valence-electron chi connectivity index (χ2n) is 6.26. The van der Waals surface area contributed by atoms with Gasteiger partial charge in [-0.25, -0.2) is 0 Å². The van der Waals surface area contributed by atoms with E-state index in [9.17, 15) is 9.59 Å². The number of nitrogens with one attached hydrogen (secondary N) is 2. The Morgan fingerprint density at radius 2 is 1.48 bits per heavy atom. The molecule has 0 radical (unpaired) electrons. The molecule has 150 valence electrons. The molecule has 0 aliphatic heterocycles. The lowest BCUT2D eigenvalue weighted by Gasteiger charge is -2.09. The maximum atomic E-state index is 11.8. The lowest BCUT2D eigenvalue weighted by molar-refractivity contribution is -0.123. The van der Waals surface area contributed by atoms with Crippen molar-refractivity contribution in [2.45, 2.75) is 6.92 Å². The lowest BCUT2D eigenvalue weighted by atomic mass is 10.2. The van der Waals surface area contributed by atoms with E-state index < -0.39 is 0 Å². The number of hydrogen-bond acceptors (Lipinski definition) is 5. The van der Waals surface area contributed by atoms with Gasteiger partial charge in [-0.15, -0.1) is 0 Å². The minimum Gasteiger partial charge on any atom is -0.484 e. The summed E-state index contributed by atoms with van der Waals surface area (Å²) in [5.74, 6) is 1.61. The Kier molecular flexibility index (Phi) is 6.89. The van der Waals surface area contributed by atoms with Gasteiger partial charge in [0.05, 0.1) is 6.26 Å². The van der Waals surface area contributed by atoms with Crippen LogP contribution in [0.25, 0.3) is 0 Å². The number of furan rings is 1.